The van der Waals surface area contributed by atoms with Crippen molar-refractivity contribution in [3.05, 3.63) is 77.6 Å². The molecule has 1 aliphatic rings. The van der Waals surface area contributed by atoms with Gasteiger partial charge < -0.3 is 18.9 Å². The Hall–Kier alpha value is -4.11. The van der Waals surface area contributed by atoms with Gasteiger partial charge in [-0.1, -0.05) is 47.6 Å². The Morgan fingerprint density at radius 3 is 2.62 bits per heavy atom. The van der Waals surface area contributed by atoms with Gasteiger partial charge in [0.25, 0.3) is 5.89 Å². The molecule has 1 amide bonds. The van der Waals surface area contributed by atoms with Crippen LogP contribution in [0.5, 0.6) is 0 Å². The molecule has 3 aromatic rings. The van der Waals surface area contributed by atoms with Gasteiger partial charge in [0.15, 0.2) is 0 Å². The van der Waals surface area contributed by atoms with Gasteiger partial charge in [0.05, 0.1) is 19.6 Å². The van der Waals surface area contributed by atoms with Gasteiger partial charge in [-0.2, -0.15) is 4.98 Å². The summed E-state index contributed by atoms with van der Waals surface area (Å²) in [5, 5.41) is 4.02. The number of halogens is 1. The van der Waals surface area contributed by atoms with Crippen molar-refractivity contribution in [3.63, 3.8) is 0 Å². The van der Waals surface area contributed by atoms with Crippen LogP contribution in [0.25, 0.3) is 28.2 Å². The number of hydrogen-bond donors (Lipinski definition) is 0. The number of ether oxygens (including phenoxy) is 2. The molecule has 0 aliphatic heterocycles. The topological polar surface area (TPSA) is 94.8 Å². The van der Waals surface area contributed by atoms with Gasteiger partial charge in [-0.15, -0.1) is 0 Å². The fraction of sp³-hybridized carbons (Fsp3) is 0.286. The van der Waals surface area contributed by atoms with E-state index < -0.39 is 24.0 Å². The number of methoxy groups -OCH3 is 2. The number of hydrogen-bond acceptors (Lipinski definition) is 7. The van der Waals surface area contributed by atoms with Gasteiger partial charge in [-0.25, -0.2) is 4.39 Å². The summed E-state index contributed by atoms with van der Waals surface area (Å²) in [5.41, 5.74) is 5.38. The standard InChI is InChI=1S/C28H28FN3O5/c1-17-7-5-6-8-21(17)22-11-10-19(13-20(22)16-35-3)27-30-26(31-37-27)18-9-12-23(24(29)14-18)28(34)32(2)15-25(33)36-4/h5-14,23-24H,15-16H2,1-4H3. The number of benzene rings is 2. The number of alkyl halides is 1. The molecule has 192 valence electrons. The quantitative estimate of drug-likeness (QED) is 0.419. The van der Waals surface area contributed by atoms with E-state index in [0.717, 1.165) is 27.2 Å². The molecule has 8 nitrogen and oxygen atoms in total. The Labute approximate surface area is 214 Å². The molecule has 0 radical (unpaired) electrons. The molecule has 0 saturated heterocycles. The van der Waals surface area contributed by atoms with E-state index in [-0.39, 0.29) is 18.3 Å². The molecular formula is C28H28FN3O5. The van der Waals surface area contributed by atoms with E-state index in [4.69, 9.17) is 9.26 Å². The molecule has 0 spiro atoms. The summed E-state index contributed by atoms with van der Waals surface area (Å²) in [6, 6.07) is 13.9. The average molecular weight is 506 g/mol. The van der Waals surface area contributed by atoms with Gasteiger partial charge in [0.1, 0.15) is 12.7 Å². The van der Waals surface area contributed by atoms with Gasteiger partial charge >= 0.3 is 5.97 Å². The van der Waals surface area contributed by atoms with Crippen LogP contribution in [0.4, 0.5) is 4.39 Å². The number of nitrogens with zero attached hydrogens (tertiary/aromatic N) is 3. The van der Waals surface area contributed by atoms with Crippen LogP contribution in [0.15, 0.2) is 65.2 Å². The molecule has 0 fully saturated rings. The zero-order valence-electron chi connectivity index (χ0n) is 21.1. The number of rotatable bonds is 8. The Morgan fingerprint density at radius 1 is 1.14 bits per heavy atom. The lowest BCUT2D eigenvalue weighted by Gasteiger charge is -2.24. The van der Waals surface area contributed by atoms with E-state index in [1.165, 1.54) is 26.3 Å². The molecular weight excluding hydrogens is 477 g/mol. The summed E-state index contributed by atoms with van der Waals surface area (Å²) in [6.07, 6.45) is 2.69. The largest absolute Gasteiger partial charge is 0.468 e. The van der Waals surface area contributed by atoms with Gasteiger partial charge in [-0.3, -0.25) is 9.59 Å². The Balaban J connectivity index is 1.54. The maximum atomic E-state index is 14.9. The Morgan fingerprint density at radius 2 is 1.92 bits per heavy atom. The molecule has 1 aromatic heterocycles. The van der Waals surface area contributed by atoms with E-state index in [2.05, 4.69) is 33.9 Å². The smallest absolute Gasteiger partial charge is 0.325 e. The van der Waals surface area contributed by atoms with Crippen molar-refractivity contribution < 1.29 is 28.0 Å². The van der Waals surface area contributed by atoms with E-state index in [0.29, 0.717) is 17.7 Å². The van der Waals surface area contributed by atoms with Crippen LogP contribution in [-0.4, -0.2) is 60.9 Å². The van der Waals surface area contributed by atoms with Crippen molar-refractivity contribution in [3.8, 4) is 22.6 Å². The van der Waals surface area contributed by atoms with Crippen LogP contribution in [0.1, 0.15) is 17.0 Å². The molecule has 37 heavy (non-hydrogen) atoms. The highest BCUT2D eigenvalue weighted by Crippen LogP contribution is 2.32. The van der Waals surface area contributed by atoms with Crippen molar-refractivity contribution in [2.24, 2.45) is 5.92 Å². The highest BCUT2D eigenvalue weighted by molar-refractivity contribution is 5.87. The number of carbonyl (C=O) groups excluding carboxylic acids is 2. The molecule has 4 rings (SSSR count). The first-order valence-corrected chi connectivity index (χ1v) is 11.7. The maximum absolute atomic E-state index is 14.9. The molecule has 0 saturated carbocycles. The van der Waals surface area contributed by atoms with Crippen molar-refractivity contribution in [2.45, 2.75) is 19.7 Å². The summed E-state index contributed by atoms with van der Waals surface area (Å²) >= 11 is 0. The summed E-state index contributed by atoms with van der Waals surface area (Å²) in [6.45, 7) is 2.20. The van der Waals surface area contributed by atoms with Crippen LogP contribution < -0.4 is 0 Å². The second-order valence-electron chi connectivity index (χ2n) is 8.76. The van der Waals surface area contributed by atoms with Crippen molar-refractivity contribution in [1.29, 1.82) is 0 Å². The van der Waals surface area contributed by atoms with Crippen LogP contribution >= 0.6 is 0 Å². The molecule has 0 N–H and O–H groups in total. The van der Waals surface area contributed by atoms with E-state index in [1.807, 2.05) is 30.3 Å². The molecule has 2 atom stereocenters. The van der Waals surface area contributed by atoms with E-state index in [9.17, 15) is 14.0 Å². The zero-order chi connectivity index (χ0) is 26.5. The molecule has 1 heterocycles. The normalized spacial score (nSPS) is 16.8. The lowest BCUT2D eigenvalue weighted by atomic mass is 9.93. The highest BCUT2D eigenvalue weighted by atomic mass is 19.1. The third kappa shape index (κ3) is 5.67. The van der Waals surface area contributed by atoms with Crippen LogP contribution in [-0.2, 0) is 25.7 Å². The first-order valence-electron chi connectivity index (χ1n) is 11.7. The van der Waals surface area contributed by atoms with E-state index in [1.54, 1.807) is 13.2 Å². The second kappa shape index (κ2) is 11.3. The number of esters is 1. The number of carbonyl (C=O) groups is 2. The SMILES string of the molecule is COCc1cc(-c2nc(C3=CC(F)C(C(=O)N(C)CC(=O)OC)C=C3)no2)ccc1-c1ccccc1C. The third-order valence-electron chi connectivity index (χ3n) is 6.19. The third-order valence-corrected chi connectivity index (χ3v) is 6.19. The number of aryl methyl sites for hydroxylation is 1. The Bertz CT molecular complexity index is 1360. The average Bonchev–Trinajstić information content (AvgIpc) is 3.39. The van der Waals surface area contributed by atoms with Crippen LogP contribution in [0.2, 0.25) is 0 Å². The predicted molar refractivity (Wildman–Crippen MR) is 136 cm³/mol. The van der Waals surface area contributed by atoms with Gasteiger partial charge in [-0.05, 0) is 47.4 Å². The fourth-order valence-electron chi connectivity index (χ4n) is 4.20. The minimum Gasteiger partial charge on any atom is -0.468 e. The minimum atomic E-state index is -1.61. The summed E-state index contributed by atoms with van der Waals surface area (Å²) in [7, 11) is 4.29. The van der Waals surface area contributed by atoms with E-state index >= 15 is 0 Å². The monoisotopic (exact) mass is 505 g/mol. The highest BCUT2D eigenvalue weighted by Gasteiger charge is 2.31. The molecule has 1 aliphatic carbocycles. The second-order valence-corrected chi connectivity index (χ2v) is 8.76. The number of allylic oxidation sites excluding steroid dienone is 3. The first kappa shape index (κ1) is 26.0. The first-order chi connectivity index (χ1) is 17.8. The Kier molecular flexibility index (Phi) is 7.93. The molecule has 2 aromatic carbocycles. The summed E-state index contributed by atoms with van der Waals surface area (Å²) in [4.78, 5) is 29.6. The van der Waals surface area contributed by atoms with Gasteiger partial charge in [0.2, 0.25) is 11.7 Å². The fourth-order valence-corrected chi connectivity index (χ4v) is 4.20. The lowest BCUT2D eigenvalue weighted by Crippen LogP contribution is -2.39. The summed E-state index contributed by atoms with van der Waals surface area (Å²) in [5.74, 6) is -1.68. The van der Waals surface area contributed by atoms with Crippen molar-refractivity contribution in [1.82, 2.24) is 15.0 Å². The van der Waals surface area contributed by atoms with Gasteiger partial charge in [0, 0.05) is 25.3 Å². The van der Waals surface area contributed by atoms with Crippen molar-refractivity contribution >= 4 is 17.4 Å². The zero-order valence-corrected chi connectivity index (χ0v) is 21.1. The van der Waals surface area contributed by atoms with Crippen molar-refractivity contribution in [2.75, 3.05) is 27.8 Å². The van der Waals surface area contributed by atoms with Crippen LogP contribution in [0, 0.1) is 12.8 Å². The number of amides is 1. The minimum absolute atomic E-state index is 0.207. The predicted octanol–water partition coefficient (Wildman–Crippen LogP) is 4.40. The van der Waals surface area contributed by atoms with Crippen LogP contribution in [0.3, 0.4) is 0 Å². The summed E-state index contributed by atoms with van der Waals surface area (Å²) < 4.78 is 30.4. The maximum Gasteiger partial charge on any atom is 0.325 e. The molecule has 0 bridgehead atoms. The number of aromatic nitrogens is 2. The number of likely N-dealkylation sites (N-methyl/N-ethyl adjacent to an activating group) is 1. The lowest BCUT2D eigenvalue weighted by molar-refractivity contribution is -0.147. The molecule has 9 heteroatoms. The molecule has 2 unspecified atom stereocenters.